The maximum Gasteiger partial charge on any atom is 0.271 e. The molecule has 1 aromatic carbocycles. The van der Waals surface area contributed by atoms with Crippen molar-refractivity contribution in [3.63, 3.8) is 0 Å². The lowest BCUT2D eigenvalue weighted by Gasteiger charge is -2.04. The fraction of sp³-hybridized carbons (Fsp3) is 0.0625. The molecule has 2 amide bonds. The fourth-order valence-electron chi connectivity index (χ4n) is 1.94. The Morgan fingerprint density at radius 3 is 2.76 bits per heavy atom. The molecule has 2 heterocycles. The van der Waals surface area contributed by atoms with Gasteiger partial charge in [-0.1, -0.05) is 23.2 Å². The highest BCUT2D eigenvalue weighted by atomic mass is 35.5. The number of halogens is 2. The molecule has 3 aromatic rings. The van der Waals surface area contributed by atoms with Crippen molar-refractivity contribution in [2.75, 3.05) is 5.32 Å². The summed E-state index contributed by atoms with van der Waals surface area (Å²) in [4.78, 5) is 28.4. The number of thiazole rings is 1. The third-order valence-electron chi connectivity index (χ3n) is 3.14. The maximum absolute atomic E-state index is 12.2. The van der Waals surface area contributed by atoms with Crippen LogP contribution in [0.2, 0.25) is 10.0 Å². The molecule has 0 fully saturated rings. The highest BCUT2D eigenvalue weighted by Gasteiger charge is 2.15. The minimum atomic E-state index is -0.432. The van der Waals surface area contributed by atoms with E-state index in [2.05, 4.69) is 15.6 Å². The van der Waals surface area contributed by atoms with Gasteiger partial charge in [0.25, 0.3) is 11.8 Å². The topological polar surface area (TPSA) is 84.2 Å². The normalized spacial score (nSPS) is 10.5. The number of benzene rings is 1. The first-order valence-corrected chi connectivity index (χ1v) is 8.69. The van der Waals surface area contributed by atoms with Crippen LogP contribution in [0.25, 0.3) is 0 Å². The van der Waals surface area contributed by atoms with Gasteiger partial charge in [0, 0.05) is 10.4 Å². The van der Waals surface area contributed by atoms with Gasteiger partial charge in [-0.25, -0.2) is 4.98 Å². The predicted octanol–water partition coefficient (Wildman–Crippen LogP) is 4.23. The lowest BCUT2D eigenvalue weighted by Crippen LogP contribution is -2.23. The summed E-state index contributed by atoms with van der Waals surface area (Å²) < 4.78 is 5.13. The van der Waals surface area contributed by atoms with E-state index >= 15 is 0 Å². The number of furan rings is 1. The van der Waals surface area contributed by atoms with Crippen molar-refractivity contribution >= 4 is 51.5 Å². The molecule has 0 aliphatic heterocycles. The standard InChI is InChI=1S/C16H11Cl2N3O3S/c17-9-3-4-11(12(18)6-9)14(22)21-16-20-13(8-25-16)15(23)19-7-10-2-1-5-24-10/h1-6,8H,7H2,(H,19,23)(H,20,21,22). The van der Waals surface area contributed by atoms with Crippen LogP contribution in [-0.4, -0.2) is 16.8 Å². The van der Waals surface area contributed by atoms with Gasteiger partial charge in [0.15, 0.2) is 5.13 Å². The van der Waals surface area contributed by atoms with Crippen molar-refractivity contribution in [3.8, 4) is 0 Å². The molecule has 6 nitrogen and oxygen atoms in total. The minimum Gasteiger partial charge on any atom is -0.467 e. The number of nitrogens with zero attached hydrogens (tertiary/aromatic N) is 1. The van der Waals surface area contributed by atoms with E-state index in [1.54, 1.807) is 23.6 Å². The zero-order valence-electron chi connectivity index (χ0n) is 12.6. The Labute approximate surface area is 156 Å². The van der Waals surface area contributed by atoms with Crippen LogP contribution in [0.4, 0.5) is 5.13 Å². The molecule has 0 unspecified atom stereocenters. The molecule has 9 heteroatoms. The minimum absolute atomic E-state index is 0.203. The van der Waals surface area contributed by atoms with Crippen molar-refractivity contribution in [1.82, 2.24) is 10.3 Å². The number of carbonyl (C=O) groups excluding carboxylic acids is 2. The van der Waals surface area contributed by atoms with Crippen molar-refractivity contribution < 1.29 is 14.0 Å². The highest BCUT2D eigenvalue weighted by Crippen LogP contribution is 2.23. The van der Waals surface area contributed by atoms with Crippen LogP contribution < -0.4 is 10.6 Å². The molecule has 3 rings (SSSR count). The van der Waals surface area contributed by atoms with E-state index in [1.807, 2.05) is 0 Å². The Morgan fingerprint density at radius 2 is 2.04 bits per heavy atom. The van der Waals surface area contributed by atoms with Gasteiger partial charge in [0.05, 0.1) is 23.4 Å². The average molecular weight is 396 g/mol. The summed E-state index contributed by atoms with van der Waals surface area (Å²) in [6, 6.07) is 8.05. The van der Waals surface area contributed by atoms with Crippen LogP contribution >= 0.6 is 34.5 Å². The first kappa shape index (κ1) is 17.5. The molecule has 0 radical (unpaired) electrons. The van der Waals surface area contributed by atoms with Crippen molar-refractivity contribution in [2.24, 2.45) is 0 Å². The van der Waals surface area contributed by atoms with Crippen LogP contribution in [0.5, 0.6) is 0 Å². The summed E-state index contributed by atoms with van der Waals surface area (Å²) in [6.45, 7) is 0.255. The lowest BCUT2D eigenvalue weighted by molar-refractivity contribution is 0.0942. The highest BCUT2D eigenvalue weighted by molar-refractivity contribution is 7.14. The molecule has 0 bridgehead atoms. The zero-order valence-corrected chi connectivity index (χ0v) is 14.9. The van der Waals surface area contributed by atoms with E-state index in [0.717, 1.165) is 11.3 Å². The summed E-state index contributed by atoms with van der Waals surface area (Å²) in [5.74, 6) is -0.161. The zero-order chi connectivity index (χ0) is 17.8. The van der Waals surface area contributed by atoms with E-state index in [9.17, 15) is 9.59 Å². The number of anilines is 1. The molecule has 0 saturated carbocycles. The molecule has 2 aromatic heterocycles. The smallest absolute Gasteiger partial charge is 0.271 e. The monoisotopic (exact) mass is 395 g/mol. The number of amides is 2. The van der Waals surface area contributed by atoms with Gasteiger partial charge in [0.1, 0.15) is 11.5 Å². The molecule has 2 N–H and O–H groups in total. The number of aromatic nitrogens is 1. The fourth-order valence-corrected chi connectivity index (χ4v) is 3.12. The Kier molecular flexibility index (Phi) is 5.37. The molecule has 0 aliphatic carbocycles. The van der Waals surface area contributed by atoms with Crippen molar-refractivity contribution in [2.45, 2.75) is 6.54 Å². The lowest BCUT2D eigenvalue weighted by atomic mass is 10.2. The first-order valence-electron chi connectivity index (χ1n) is 7.05. The van der Waals surface area contributed by atoms with Gasteiger partial charge in [-0.3, -0.25) is 14.9 Å². The Hall–Kier alpha value is -2.35. The Balaban J connectivity index is 1.62. The average Bonchev–Trinajstić information content (AvgIpc) is 3.24. The third kappa shape index (κ3) is 4.39. The van der Waals surface area contributed by atoms with Crippen LogP contribution in [0.15, 0.2) is 46.4 Å². The molecular weight excluding hydrogens is 385 g/mol. The van der Waals surface area contributed by atoms with Gasteiger partial charge in [0.2, 0.25) is 0 Å². The van der Waals surface area contributed by atoms with Crippen LogP contribution in [0.1, 0.15) is 26.6 Å². The molecule has 25 heavy (non-hydrogen) atoms. The van der Waals surface area contributed by atoms with Crippen LogP contribution in [0.3, 0.4) is 0 Å². The Morgan fingerprint density at radius 1 is 1.20 bits per heavy atom. The molecule has 128 valence electrons. The van der Waals surface area contributed by atoms with Crippen LogP contribution in [0, 0.1) is 0 Å². The van der Waals surface area contributed by atoms with Gasteiger partial charge in [-0.15, -0.1) is 11.3 Å². The van der Waals surface area contributed by atoms with Gasteiger partial charge >= 0.3 is 0 Å². The number of carbonyl (C=O) groups is 2. The number of rotatable bonds is 5. The quantitative estimate of drug-likeness (QED) is 0.676. The first-order chi connectivity index (χ1) is 12.0. The summed E-state index contributed by atoms with van der Waals surface area (Å²) in [7, 11) is 0. The van der Waals surface area contributed by atoms with E-state index in [-0.39, 0.29) is 28.7 Å². The summed E-state index contributed by atoms with van der Waals surface area (Å²) in [6.07, 6.45) is 1.53. The summed E-state index contributed by atoms with van der Waals surface area (Å²) in [5.41, 5.74) is 0.471. The number of hydrogen-bond donors (Lipinski definition) is 2. The van der Waals surface area contributed by atoms with E-state index in [0.29, 0.717) is 15.9 Å². The number of hydrogen-bond acceptors (Lipinski definition) is 5. The third-order valence-corrected chi connectivity index (χ3v) is 4.44. The molecule has 0 atom stereocenters. The second-order valence-corrected chi connectivity index (χ2v) is 6.58. The molecule has 0 saturated heterocycles. The molecule has 0 spiro atoms. The van der Waals surface area contributed by atoms with Gasteiger partial charge in [-0.2, -0.15) is 0 Å². The van der Waals surface area contributed by atoms with E-state index in [1.165, 1.54) is 18.4 Å². The van der Waals surface area contributed by atoms with Crippen molar-refractivity contribution in [1.29, 1.82) is 0 Å². The van der Waals surface area contributed by atoms with Gasteiger partial charge < -0.3 is 9.73 Å². The molecule has 0 aliphatic rings. The SMILES string of the molecule is O=C(NCc1ccco1)c1csc(NC(=O)c2ccc(Cl)cc2Cl)n1. The van der Waals surface area contributed by atoms with Crippen LogP contribution in [-0.2, 0) is 6.54 Å². The van der Waals surface area contributed by atoms with E-state index in [4.69, 9.17) is 27.6 Å². The second-order valence-electron chi connectivity index (χ2n) is 4.88. The Bertz CT molecular complexity index is 909. The largest absolute Gasteiger partial charge is 0.467 e. The maximum atomic E-state index is 12.2. The van der Waals surface area contributed by atoms with E-state index < -0.39 is 5.91 Å². The number of nitrogens with one attached hydrogen (secondary N) is 2. The van der Waals surface area contributed by atoms with Crippen molar-refractivity contribution in [3.05, 3.63) is 69.0 Å². The van der Waals surface area contributed by atoms with Gasteiger partial charge in [-0.05, 0) is 30.3 Å². The summed E-state index contributed by atoms with van der Waals surface area (Å²) >= 11 is 12.9. The predicted molar refractivity (Wildman–Crippen MR) is 96.4 cm³/mol. The second kappa shape index (κ2) is 7.69. The molecular formula is C16H11Cl2N3O3S. The summed E-state index contributed by atoms with van der Waals surface area (Å²) in [5, 5.41) is 7.80.